The highest BCUT2D eigenvalue weighted by atomic mass is 16.5. The van der Waals surface area contributed by atoms with Gasteiger partial charge in [-0.05, 0) is 32.9 Å². The van der Waals surface area contributed by atoms with Crippen molar-refractivity contribution in [3.63, 3.8) is 0 Å². The Hall–Kier alpha value is -1.98. The number of nitrogens with one attached hydrogen (secondary N) is 2. The maximum atomic E-state index is 11.7. The fourth-order valence-corrected chi connectivity index (χ4v) is 1.53. The maximum absolute atomic E-state index is 11.7. The van der Waals surface area contributed by atoms with Crippen molar-refractivity contribution in [3.8, 4) is 5.88 Å². The molecule has 0 aliphatic heterocycles. The Morgan fingerprint density at radius 2 is 2.16 bits per heavy atom. The van der Waals surface area contributed by atoms with Gasteiger partial charge >= 0.3 is 0 Å². The molecule has 1 amide bonds. The topological polar surface area (TPSA) is 89.3 Å². The highest BCUT2D eigenvalue weighted by Gasteiger charge is 2.26. The fraction of sp³-hybridized carbons (Fsp3) is 0.538. The molecule has 0 radical (unpaired) electrons. The van der Waals surface area contributed by atoms with Crippen LogP contribution in [-0.4, -0.2) is 31.1 Å². The van der Waals surface area contributed by atoms with Crippen LogP contribution >= 0.6 is 0 Å². The van der Waals surface area contributed by atoms with Gasteiger partial charge in [-0.3, -0.25) is 4.79 Å². The summed E-state index contributed by atoms with van der Waals surface area (Å²) in [5.41, 5.74) is 5.72. The molecule has 19 heavy (non-hydrogen) atoms. The summed E-state index contributed by atoms with van der Waals surface area (Å²) >= 11 is 0. The monoisotopic (exact) mass is 266 g/mol. The van der Waals surface area contributed by atoms with Gasteiger partial charge in [0.15, 0.2) is 0 Å². The zero-order chi connectivity index (χ0) is 14.5. The fourth-order valence-electron chi connectivity index (χ4n) is 1.53. The first kappa shape index (κ1) is 15.1. The second-order valence-corrected chi connectivity index (χ2v) is 4.84. The second kappa shape index (κ2) is 6.26. The van der Waals surface area contributed by atoms with E-state index in [-0.39, 0.29) is 5.91 Å². The predicted octanol–water partition coefficient (Wildman–Crippen LogP) is 1.25. The van der Waals surface area contributed by atoms with Crippen molar-refractivity contribution < 1.29 is 9.53 Å². The standard InChI is InChI=1S/C13H22N4O2/c1-5-19-11-9(14)6-7-10(17-11)16-8-13(2,3)12(18)15-4/h6-7H,5,8,14H2,1-4H3,(H,15,18)(H,16,17). The van der Waals surface area contributed by atoms with Crippen molar-refractivity contribution in [2.24, 2.45) is 5.41 Å². The molecule has 0 fully saturated rings. The number of rotatable bonds is 6. The van der Waals surface area contributed by atoms with E-state index >= 15 is 0 Å². The number of nitrogens with zero attached hydrogens (tertiary/aromatic N) is 1. The molecule has 4 N–H and O–H groups in total. The minimum atomic E-state index is -0.524. The molecular weight excluding hydrogens is 244 g/mol. The van der Waals surface area contributed by atoms with Crippen LogP contribution in [-0.2, 0) is 4.79 Å². The van der Waals surface area contributed by atoms with Crippen LogP contribution in [0.2, 0.25) is 0 Å². The number of pyridine rings is 1. The summed E-state index contributed by atoms with van der Waals surface area (Å²) in [6.07, 6.45) is 0. The summed E-state index contributed by atoms with van der Waals surface area (Å²) in [6, 6.07) is 3.49. The van der Waals surface area contributed by atoms with Gasteiger partial charge in [-0.2, -0.15) is 4.98 Å². The number of hydrogen-bond acceptors (Lipinski definition) is 5. The lowest BCUT2D eigenvalue weighted by molar-refractivity contribution is -0.128. The van der Waals surface area contributed by atoms with Gasteiger partial charge in [-0.1, -0.05) is 0 Å². The number of anilines is 2. The minimum absolute atomic E-state index is 0.0273. The Labute approximate surface area is 113 Å². The predicted molar refractivity (Wildman–Crippen MR) is 76.2 cm³/mol. The molecule has 0 saturated carbocycles. The van der Waals surface area contributed by atoms with Gasteiger partial charge in [0.05, 0.1) is 17.7 Å². The van der Waals surface area contributed by atoms with Crippen molar-refractivity contribution >= 4 is 17.4 Å². The first-order valence-electron chi connectivity index (χ1n) is 6.26. The zero-order valence-electron chi connectivity index (χ0n) is 11.9. The Balaban J connectivity index is 2.73. The number of ether oxygens (including phenoxy) is 1. The third-order valence-corrected chi connectivity index (χ3v) is 2.72. The van der Waals surface area contributed by atoms with Crippen LogP contribution in [0, 0.1) is 5.41 Å². The highest BCUT2D eigenvalue weighted by molar-refractivity contribution is 5.82. The van der Waals surface area contributed by atoms with Gasteiger partial charge < -0.3 is 21.1 Å². The number of hydrogen-bond donors (Lipinski definition) is 3. The van der Waals surface area contributed by atoms with Gasteiger partial charge in [0.2, 0.25) is 11.8 Å². The average molecular weight is 266 g/mol. The molecule has 6 heteroatoms. The Bertz CT molecular complexity index is 446. The summed E-state index contributed by atoms with van der Waals surface area (Å²) in [5, 5.41) is 5.76. The second-order valence-electron chi connectivity index (χ2n) is 4.84. The Kier molecular flexibility index (Phi) is 4.97. The quantitative estimate of drug-likeness (QED) is 0.721. The summed E-state index contributed by atoms with van der Waals surface area (Å²) in [4.78, 5) is 15.9. The number of aromatic nitrogens is 1. The molecule has 0 aromatic carbocycles. The van der Waals surface area contributed by atoms with E-state index in [1.54, 1.807) is 19.2 Å². The largest absolute Gasteiger partial charge is 0.476 e. The summed E-state index contributed by atoms with van der Waals surface area (Å²) < 4.78 is 5.32. The molecule has 0 unspecified atom stereocenters. The lowest BCUT2D eigenvalue weighted by Gasteiger charge is -2.23. The van der Waals surface area contributed by atoms with Gasteiger partial charge in [-0.15, -0.1) is 0 Å². The molecule has 0 aliphatic carbocycles. The Morgan fingerprint density at radius 3 is 2.74 bits per heavy atom. The zero-order valence-corrected chi connectivity index (χ0v) is 11.9. The van der Waals surface area contributed by atoms with Crippen molar-refractivity contribution in [3.05, 3.63) is 12.1 Å². The third-order valence-electron chi connectivity index (χ3n) is 2.72. The molecule has 1 rings (SSSR count). The van der Waals surface area contributed by atoms with Crippen LogP contribution in [0.1, 0.15) is 20.8 Å². The van der Waals surface area contributed by atoms with E-state index in [1.807, 2.05) is 20.8 Å². The number of nitrogen functional groups attached to an aromatic ring is 1. The van der Waals surface area contributed by atoms with Crippen LogP contribution in [0.3, 0.4) is 0 Å². The first-order valence-corrected chi connectivity index (χ1v) is 6.26. The molecular formula is C13H22N4O2. The van der Waals surface area contributed by atoms with Crippen LogP contribution in [0.15, 0.2) is 12.1 Å². The maximum Gasteiger partial charge on any atom is 0.239 e. The van der Waals surface area contributed by atoms with Gasteiger partial charge in [0.25, 0.3) is 0 Å². The minimum Gasteiger partial charge on any atom is -0.476 e. The van der Waals surface area contributed by atoms with Crippen molar-refractivity contribution in [2.75, 3.05) is 31.2 Å². The molecule has 0 atom stereocenters. The van der Waals surface area contributed by atoms with E-state index in [0.717, 1.165) is 0 Å². The molecule has 106 valence electrons. The molecule has 0 aliphatic rings. The SMILES string of the molecule is CCOc1nc(NCC(C)(C)C(=O)NC)ccc1N. The number of amides is 1. The van der Waals surface area contributed by atoms with Gasteiger partial charge in [0, 0.05) is 13.6 Å². The summed E-state index contributed by atoms with van der Waals surface area (Å²) in [7, 11) is 1.62. The van der Waals surface area contributed by atoms with Crippen LogP contribution in [0.4, 0.5) is 11.5 Å². The Morgan fingerprint density at radius 1 is 1.47 bits per heavy atom. The first-order chi connectivity index (χ1) is 8.90. The van der Waals surface area contributed by atoms with Crippen LogP contribution in [0.5, 0.6) is 5.88 Å². The average Bonchev–Trinajstić information content (AvgIpc) is 2.39. The van der Waals surface area contributed by atoms with Crippen molar-refractivity contribution in [2.45, 2.75) is 20.8 Å². The lowest BCUT2D eigenvalue weighted by atomic mass is 9.92. The van der Waals surface area contributed by atoms with E-state index in [0.29, 0.717) is 30.5 Å². The highest BCUT2D eigenvalue weighted by Crippen LogP contribution is 2.22. The summed E-state index contributed by atoms with van der Waals surface area (Å²) in [6.45, 7) is 6.56. The molecule has 0 bridgehead atoms. The lowest BCUT2D eigenvalue weighted by Crippen LogP contribution is -2.39. The molecule has 6 nitrogen and oxygen atoms in total. The molecule has 1 heterocycles. The van der Waals surface area contributed by atoms with E-state index in [1.165, 1.54) is 0 Å². The van der Waals surface area contributed by atoms with Crippen LogP contribution < -0.4 is 21.1 Å². The van der Waals surface area contributed by atoms with E-state index < -0.39 is 5.41 Å². The number of carbonyl (C=O) groups excluding carboxylic acids is 1. The molecule has 1 aromatic heterocycles. The van der Waals surface area contributed by atoms with E-state index in [2.05, 4.69) is 15.6 Å². The van der Waals surface area contributed by atoms with Crippen LogP contribution in [0.25, 0.3) is 0 Å². The van der Waals surface area contributed by atoms with E-state index in [4.69, 9.17) is 10.5 Å². The molecule has 1 aromatic rings. The normalized spacial score (nSPS) is 10.9. The number of nitrogens with two attached hydrogens (primary N) is 1. The molecule has 0 saturated heterocycles. The summed E-state index contributed by atoms with van der Waals surface area (Å²) in [5.74, 6) is 1.01. The van der Waals surface area contributed by atoms with Gasteiger partial charge in [0.1, 0.15) is 5.82 Å². The smallest absolute Gasteiger partial charge is 0.239 e. The third kappa shape index (κ3) is 4.01. The van der Waals surface area contributed by atoms with Crippen molar-refractivity contribution in [1.82, 2.24) is 10.3 Å². The van der Waals surface area contributed by atoms with E-state index in [9.17, 15) is 4.79 Å². The van der Waals surface area contributed by atoms with Gasteiger partial charge in [-0.25, -0.2) is 0 Å². The van der Waals surface area contributed by atoms with Crippen molar-refractivity contribution in [1.29, 1.82) is 0 Å². The number of carbonyl (C=O) groups is 1. The molecule has 0 spiro atoms.